The number of nitrogens with zero attached hydrogens (tertiary/aromatic N) is 1. The standard InChI is InChI=1S/C12H12BrFN2O2/c1-7-11(17)15-4-5-16(7)12(18)8-2-3-9(13)10(14)6-8/h2-3,6-7H,4-5H2,1H3,(H,15,17). The number of hydrogen-bond donors (Lipinski definition) is 1. The highest BCUT2D eigenvalue weighted by Gasteiger charge is 2.30. The van der Waals surface area contributed by atoms with Crippen LogP contribution in [0, 0.1) is 5.82 Å². The summed E-state index contributed by atoms with van der Waals surface area (Å²) >= 11 is 3.03. The van der Waals surface area contributed by atoms with Gasteiger partial charge in [0.15, 0.2) is 0 Å². The maximum absolute atomic E-state index is 13.4. The first-order valence-electron chi connectivity index (χ1n) is 5.54. The molecule has 0 spiro atoms. The highest BCUT2D eigenvalue weighted by molar-refractivity contribution is 9.10. The van der Waals surface area contributed by atoms with Crippen LogP contribution < -0.4 is 5.32 Å². The summed E-state index contributed by atoms with van der Waals surface area (Å²) in [5, 5.41) is 2.67. The predicted molar refractivity (Wildman–Crippen MR) is 67.6 cm³/mol. The van der Waals surface area contributed by atoms with Crippen LogP contribution in [-0.2, 0) is 4.79 Å². The number of nitrogens with one attached hydrogen (secondary N) is 1. The molecule has 1 aromatic carbocycles. The summed E-state index contributed by atoms with van der Waals surface area (Å²) in [6.45, 7) is 2.51. The Bertz CT molecular complexity index is 507. The predicted octanol–water partition coefficient (Wildman–Crippen LogP) is 1.55. The van der Waals surface area contributed by atoms with E-state index in [0.29, 0.717) is 17.6 Å². The average Bonchev–Trinajstić information content (AvgIpc) is 2.35. The molecule has 2 amide bonds. The van der Waals surface area contributed by atoms with E-state index in [9.17, 15) is 14.0 Å². The van der Waals surface area contributed by atoms with Gasteiger partial charge in [-0.15, -0.1) is 0 Å². The minimum atomic E-state index is -0.530. The van der Waals surface area contributed by atoms with Gasteiger partial charge in [-0.05, 0) is 41.1 Å². The first-order valence-corrected chi connectivity index (χ1v) is 6.33. The molecule has 1 aliphatic rings. The largest absolute Gasteiger partial charge is 0.353 e. The Hall–Kier alpha value is -1.43. The van der Waals surface area contributed by atoms with Gasteiger partial charge < -0.3 is 10.2 Å². The number of rotatable bonds is 1. The zero-order chi connectivity index (χ0) is 13.3. The van der Waals surface area contributed by atoms with Crippen molar-refractivity contribution in [3.05, 3.63) is 34.1 Å². The van der Waals surface area contributed by atoms with Crippen LogP contribution in [0.2, 0.25) is 0 Å². The van der Waals surface area contributed by atoms with Crippen LogP contribution in [0.4, 0.5) is 4.39 Å². The molecular weight excluding hydrogens is 303 g/mol. The van der Waals surface area contributed by atoms with Crippen LogP contribution in [0.1, 0.15) is 17.3 Å². The molecule has 2 rings (SSSR count). The molecule has 0 bridgehead atoms. The van der Waals surface area contributed by atoms with Crippen LogP contribution >= 0.6 is 15.9 Å². The lowest BCUT2D eigenvalue weighted by molar-refractivity contribution is -0.127. The fraction of sp³-hybridized carbons (Fsp3) is 0.333. The molecule has 6 heteroatoms. The monoisotopic (exact) mass is 314 g/mol. The van der Waals surface area contributed by atoms with E-state index in [1.807, 2.05) is 0 Å². The second kappa shape index (κ2) is 5.06. The van der Waals surface area contributed by atoms with Crippen molar-refractivity contribution in [2.24, 2.45) is 0 Å². The molecule has 1 aliphatic heterocycles. The van der Waals surface area contributed by atoms with Gasteiger partial charge in [-0.3, -0.25) is 9.59 Å². The van der Waals surface area contributed by atoms with Gasteiger partial charge in [-0.1, -0.05) is 0 Å². The molecule has 0 aromatic heterocycles. The fourth-order valence-corrected chi connectivity index (χ4v) is 2.10. The minimum Gasteiger partial charge on any atom is -0.353 e. The first-order chi connectivity index (χ1) is 8.50. The third kappa shape index (κ3) is 2.38. The maximum atomic E-state index is 13.4. The molecule has 1 fully saturated rings. The lowest BCUT2D eigenvalue weighted by atomic mass is 10.1. The molecule has 0 aliphatic carbocycles. The Morgan fingerprint density at radius 1 is 1.56 bits per heavy atom. The Labute approximate surface area is 112 Å². The highest BCUT2D eigenvalue weighted by atomic mass is 79.9. The molecule has 4 nitrogen and oxygen atoms in total. The fourth-order valence-electron chi connectivity index (χ4n) is 1.85. The van der Waals surface area contributed by atoms with Crippen molar-refractivity contribution in [3.63, 3.8) is 0 Å². The van der Waals surface area contributed by atoms with Crippen molar-refractivity contribution in [2.45, 2.75) is 13.0 Å². The molecule has 1 N–H and O–H groups in total. The summed E-state index contributed by atoms with van der Waals surface area (Å²) in [5.41, 5.74) is 0.247. The topological polar surface area (TPSA) is 49.4 Å². The first kappa shape index (κ1) is 13.0. The van der Waals surface area contributed by atoms with E-state index < -0.39 is 11.9 Å². The molecular formula is C12H12BrFN2O2. The van der Waals surface area contributed by atoms with E-state index >= 15 is 0 Å². The molecule has 0 saturated carbocycles. The van der Waals surface area contributed by atoms with Gasteiger partial charge in [0.05, 0.1) is 4.47 Å². The van der Waals surface area contributed by atoms with E-state index in [1.165, 1.54) is 23.1 Å². The molecule has 1 unspecified atom stereocenters. The number of halogens is 2. The Kier molecular flexibility index (Phi) is 3.65. The lowest BCUT2D eigenvalue weighted by Crippen LogP contribution is -2.55. The summed E-state index contributed by atoms with van der Waals surface area (Å²) in [6.07, 6.45) is 0. The van der Waals surface area contributed by atoms with Gasteiger partial charge in [0.25, 0.3) is 5.91 Å². The quantitative estimate of drug-likeness (QED) is 0.855. The minimum absolute atomic E-state index is 0.188. The number of piperazine rings is 1. The summed E-state index contributed by atoms with van der Waals surface area (Å²) in [5.74, 6) is -1.01. The number of carbonyl (C=O) groups is 2. The third-order valence-electron chi connectivity index (χ3n) is 2.93. The molecule has 1 heterocycles. The summed E-state index contributed by atoms with van der Waals surface area (Å²) in [7, 11) is 0. The molecule has 1 aromatic rings. The van der Waals surface area contributed by atoms with Crippen LogP contribution in [0.25, 0.3) is 0 Å². The Morgan fingerprint density at radius 3 is 2.94 bits per heavy atom. The number of carbonyl (C=O) groups excluding carboxylic acids is 2. The van der Waals surface area contributed by atoms with Crippen LogP contribution in [0.15, 0.2) is 22.7 Å². The van der Waals surface area contributed by atoms with Gasteiger partial charge in [-0.25, -0.2) is 4.39 Å². The molecule has 0 radical (unpaired) electrons. The van der Waals surface area contributed by atoms with Crippen molar-refractivity contribution >= 4 is 27.7 Å². The number of amides is 2. The molecule has 1 saturated heterocycles. The summed E-state index contributed by atoms with van der Waals surface area (Å²) < 4.78 is 13.7. The van der Waals surface area contributed by atoms with Crippen LogP contribution in [0.5, 0.6) is 0 Å². The van der Waals surface area contributed by atoms with Crippen molar-refractivity contribution in [1.29, 1.82) is 0 Å². The molecule has 18 heavy (non-hydrogen) atoms. The second-order valence-corrected chi connectivity index (χ2v) is 4.95. The van der Waals surface area contributed by atoms with Crippen molar-refractivity contribution in [2.75, 3.05) is 13.1 Å². The van der Waals surface area contributed by atoms with E-state index in [0.717, 1.165) is 0 Å². The van der Waals surface area contributed by atoms with Gasteiger partial charge in [0.1, 0.15) is 11.9 Å². The van der Waals surface area contributed by atoms with E-state index in [2.05, 4.69) is 21.2 Å². The number of hydrogen-bond acceptors (Lipinski definition) is 2. The molecule has 96 valence electrons. The zero-order valence-electron chi connectivity index (χ0n) is 9.74. The Balaban J connectivity index is 2.25. The normalized spacial score (nSPS) is 19.6. The van der Waals surface area contributed by atoms with Crippen molar-refractivity contribution < 1.29 is 14.0 Å². The summed E-state index contributed by atoms with van der Waals surface area (Å²) in [6, 6.07) is 3.66. The second-order valence-electron chi connectivity index (χ2n) is 4.09. The lowest BCUT2D eigenvalue weighted by Gasteiger charge is -2.32. The highest BCUT2D eigenvalue weighted by Crippen LogP contribution is 2.18. The third-order valence-corrected chi connectivity index (χ3v) is 3.57. The smallest absolute Gasteiger partial charge is 0.254 e. The van der Waals surface area contributed by atoms with Crippen molar-refractivity contribution in [1.82, 2.24) is 10.2 Å². The van der Waals surface area contributed by atoms with Crippen molar-refractivity contribution in [3.8, 4) is 0 Å². The SMILES string of the molecule is CC1C(=O)NCCN1C(=O)c1ccc(Br)c(F)c1. The maximum Gasteiger partial charge on any atom is 0.254 e. The number of benzene rings is 1. The van der Waals surface area contributed by atoms with E-state index in [-0.39, 0.29) is 17.4 Å². The van der Waals surface area contributed by atoms with Gasteiger partial charge in [0, 0.05) is 18.7 Å². The average molecular weight is 315 g/mol. The van der Waals surface area contributed by atoms with E-state index in [1.54, 1.807) is 6.92 Å². The van der Waals surface area contributed by atoms with Crippen LogP contribution in [0.3, 0.4) is 0 Å². The Morgan fingerprint density at radius 2 is 2.28 bits per heavy atom. The van der Waals surface area contributed by atoms with Crippen LogP contribution in [-0.4, -0.2) is 35.8 Å². The molecule has 1 atom stereocenters. The summed E-state index contributed by atoms with van der Waals surface area (Å²) in [4.78, 5) is 25.1. The van der Waals surface area contributed by atoms with Gasteiger partial charge in [-0.2, -0.15) is 0 Å². The van der Waals surface area contributed by atoms with Gasteiger partial charge >= 0.3 is 0 Å². The zero-order valence-corrected chi connectivity index (χ0v) is 11.3. The van der Waals surface area contributed by atoms with E-state index in [4.69, 9.17) is 0 Å². The van der Waals surface area contributed by atoms with Gasteiger partial charge in [0.2, 0.25) is 5.91 Å².